The van der Waals surface area contributed by atoms with Gasteiger partial charge in [-0.2, -0.15) is 0 Å². The highest BCUT2D eigenvalue weighted by atomic mass is 16.2. The molecule has 0 radical (unpaired) electrons. The molecule has 2 atom stereocenters. The molecule has 0 spiro atoms. The molecular weight excluding hydrogens is 406 g/mol. The van der Waals surface area contributed by atoms with Crippen LogP contribution < -0.4 is 5.32 Å². The van der Waals surface area contributed by atoms with E-state index in [-0.39, 0.29) is 16.7 Å². The zero-order valence-corrected chi connectivity index (χ0v) is 19.5. The van der Waals surface area contributed by atoms with E-state index in [0.29, 0.717) is 18.4 Å². The molecular formula is C29H33N3O. The van der Waals surface area contributed by atoms with Crippen LogP contribution >= 0.6 is 0 Å². The average Bonchev–Trinajstić information content (AvgIpc) is 3.30. The van der Waals surface area contributed by atoms with Crippen molar-refractivity contribution in [1.82, 2.24) is 14.9 Å². The molecule has 1 heterocycles. The molecule has 1 aromatic heterocycles. The third kappa shape index (κ3) is 3.80. The smallest absolute Gasteiger partial charge is 0.226 e. The summed E-state index contributed by atoms with van der Waals surface area (Å²) in [6.07, 6.45) is 12.6. The topological polar surface area (TPSA) is 46.9 Å². The van der Waals surface area contributed by atoms with Gasteiger partial charge in [-0.05, 0) is 79.4 Å². The standard InChI is InChI=1S/C29H33N3O/c1-21-5-7-26(8-6-21)28-13-24-12-25(14-28)16-29(15-24,19-28)27(33)31-17-22-3-2-4-23(11-22)18-32-10-9-30-20-32/h2-11,20,24-25H,12-19H2,1H3,(H,31,33). The van der Waals surface area contributed by atoms with Gasteiger partial charge in [0.25, 0.3) is 0 Å². The van der Waals surface area contributed by atoms with Crippen molar-refractivity contribution in [2.24, 2.45) is 17.3 Å². The van der Waals surface area contributed by atoms with E-state index in [1.807, 2.05) is 12.5 Å². The van der Waals surface area contributed by atoms with E-state index in [1.54, 1.807) is 6.20 Å². The fraction of sp³-hybridized carbons (Fsp3) is 0.448. The molecule has 2 aromatic carbocycles. The number of rotatable bonds is 6. The SMILES string of the molecule is Cc1ccc(C23CC4CC(CC(C(=O)NCc5cccc(Cn6ccnc6)c5)(C4)C2)C3)cc1. The molecule has 0 aliphatic heterocycles. The first-order valence-electron chi connectivity index (χ1n) is 12.4. The molecule has 4 nitrogen and oxygen atoms in total. The molecule has 4 bridgehead atoms. The minimum absolute atomic E-state index is 0.191. The first-order valence-corrected chi connectivity index (χ1v) is 12.4. The van der Waals surface area contributed by atoms with Crippen molar-refractivity contribution >= 4 is 5.91 Å². The maximum Gasteiger partial charge on any atom is 0.226 e. The van der Waals surface area contributed by atoms with E-state index in [0.717, 1.165) is 25.8 Å². The second kappa shape index (κ2) is 7.86. The maximum absolute atomic E-state index is 13.7. The van der Waals surface area contributed by atoms with Crippen LogP contribution in [0, 0.1) is 24.2 Å². The van der Waals surface area contributed by atoms with Crippen molar-refractivity contribution in [2.45, 2.75) is 64.0 Å². The number of aromatic nitrogens is 2. The van der Waals surface area contributed by atoms with Crippen LogP contribution in [0.1, 0.15) is 60.8 Å². The first kappa shape index (κ1) is 20.7. The van der Waals surface area contributed by atoms with Gasteiger partial charge < -0.3 is 9.88 Å². The molecule has 1 amide bonds. The van der Waals surface area contributed by atoms with Gasteiger partial charge in [-0.1, -0.05) is 54.1 Å². The number of hydrogen-bond donors (Lipinski definition) is 1. The summed E-state index contributed by atoms with van der Waals surface area (Å²) in [5, 5.41) is 3.36. The van der Waals surface area contributed by atoms with Crippen LogP contribution in [0.25, 0.3) is 0 Å². The van der Waals surface area contributed by atoms with E-state index >= 15 is 0 Å². The van der Waals surface area contributed by atoms with Gasteiger partial charge in [-0.15, -0.1) is 0 Å². The summed E-state index contributed by atoms with van der Waals surface area (Å²) in [7, 11) is 0. The quantitative estimate of drug-likeness (QED) is 0.559. The van der Waals surface area contributed by atoms with Crippen molar-refractivity contribution in [3.63, 3.8) is 0 Å². The van der Waals surface area contributed by atoms with Gasteiger partial charge in [0.1, 0.15) is 0 Å². The zero-order chi connectivity index (χ0) is 22.5. The fourth-order valence-electron chi connectivity index (χ4n) is 7.57. The lowest BCUT2D eigenvalue weighted by atomic mass is 9.42. The van der Waals surface area contributed by atoms with E-state index in [2.05, 4.69) is 70.3 Å². The lowest BCUT2D eigenvalue weighted by Crippen LogP contribution is -2.59. The largest absolute Gasteiger partial charge is 0.352 e. The number of amides is 1. The number of hydrogen-bond acceptors (Lipinski definition) is 2. The number of nitrogens with zero attached hydrogens (tertiary/aromatic N) is 2. The van der Waals surface area contributed by atoms with Crippen molar-refractivity contribution in [2.75, 3.05) is 0 Å². The Morgan fingerprint density at radius 3 is 2.55 bits per heavy atom. The summed E-state index contributed by atoms with van der Waals surface area (Å²) >= 11 is 0. The Labute approximate surface area is 196 Å². The Morgan fingerprint density at radius 1 is 1.06 bits per heavy atom. The third-order valence-corrected chi connectivity index (χ3v) is 8.58. The Bertz CT molecular complexity index is 1130. The van der Waals surface area contributed by atoms with Crippen LogP contribution in [-0.2, 0) is 23.3 Å². The lowest BCUT2D eigenvalue weighted by Gasteiger charge is -2.61. The molecule has 4 aliphatic rings. The number of nitrogens with one attached hydrogen (secondary N) is 1. The Kier molecular flexibility index (Phi) is 4.93. The predicted octanol–water partition coefficient (Wildman–Crippen LogP) is 5.39. The van der Waals surface area contributed by atoms with Crippen molar-refractivity contribution in [3.05, 3.63) is 89.5 Å². The third-order valence-electron chi connectivity index (χ3n) is 8.58. The summed E-state index contributed by atoms with van der Waals surface area (Å²) in [5.74, 6) is 1.67. The van der Waals surface area contributed by atoms with Crippen LogP contribution in [0.4, 0.5) is 0 Å². The predicted molar refractivity (Wildman–Crippen MR) is 130 cm³/mol. The van der Waals surface area contributed by atoms with Crippen LogP contribution in [0.5, 0.6) is 0 Å². The van der Waals surface area contributed by atoms with E-state index in [9.17, 15) is 4.79 Å². The molecule has 33 heavy (non-hydrogen) atoms. The Balaban J connectivity index is 1.19. The highest BCUT2D eigenvalue weighted by Gasteiger charge is 2.60. The Hall–Kier alpha value is -2.88. The van der Waals surface area contributed by atoms with Crippen LogP contribution in [0.2, 0.25) is 0 Å². The van der Waals surface area contributed by atoms with E-state index in [4.69, 9.17) is 0 Å². The molecule has 4 aliphatic carbocycles. The second-order valence-corrected chi connectivity index (χ2v) is 11.1. The van der Waals surface area contributed by atoms with Gasteiger partial charge in [-0.25, -0.2) is 4.98 Å². The molecule has 4 saturated carbocycles. The van der Waals surface area contributed by atoms with Crippen LogP contribution in [-0.4, -0.2) is 15.5 Å². The van der Waals surface area contributed by atoms with Crippen molar-refractivity contribution in [1.29, 1.82) is 0 Å². The summed E-state index contributed by atoms with van der Waals surface area (Å²) in [4.78, 5) is 17.8. The summed E-state index contributed by atoms with van der Waals surface area (Å²) in [6.45, 7) is 3.56. The second-order valence-electron chi connectivity index (χ2n) is 11.1. The monoisotopic (exact) mass is 439 g/mol. The minimum atomic E-state index is -0.191. The molecule has 0 saturated heterocycles. The van der Waals surface area contributed by atoms with Crippen molar-refractivity contribution < 1.29 is 4.79 Å². The van der Waals surface area contributed by atoms with Gasteiger partial charge in [0, 0.05) is 25.5 Å². The zero-order valence-electron chi connectivity index (χ0n) is 19.5. The molecule has 1 N–H and O–H groups in total. The maximum atomic E-state index is 13.7. The normalized spacial score (nSPS) is 29.8. The van der Waals surface area contributed by atoms with Gasteiger partial charge in [0.05, 0.1) is 11.7 Å². The highest BCUT2D eigenvalue weighted by molar-refractivity contribution is 5.83. The number of benzene rings is 2. The van der Waals surface area contributed by atoms with Crippen molar-refractivity contribution in [3.8, 4) is 0 Å². The highest BCUT2D eigenvalue weighted by Crippen LogP contribution is 2.65. The minimum Gasteiger partial charge on any atom is -0.352 e. The fourth-order valence-corrected chi connectivity index (χ4v) is 7.57. The molecule has 170 valence electrons. The van der Waals surface area contributed by atoms with Gasteiger partial charge in [-0.3, -0.25) is 4.79 Å². The summed E-state index contributed by atoms with van der Waals surface area (Å²) in [6, 6.07) is 17.7. The number of carbonyl (C=O) groups excluding carboxylic acids is 1. The number of carbonyl (C=O) groups is 1. The number of aryl methyl sites for hydroxylation is 1. The molecule has 7 rings (SSSR count). The van der Waals surface area contributed by atoms with E-state index in [1.165, 1.54) is 41.5 Å². The number of imidazole rings is 1. The van der Waals surface area contributed by atoms with Crippen LogP contribution in [0.15, 0.2) is 67.3 Å². The first-order chi connectivity index (χ1) is 16.0. The molecule has 4 heteroatoms. The molecule has 4 fully saturated rings. The summed E-state index contributed by atoms with van der Waals surface area (Å²) in [5.41, 5.74) is 5.17. The van der Waals surface area contributed by atoms with Gasteiger partial charge in [0.2, 0.25) is 5.91 Å². The van der Waals surface area contributed by atoms with Gasteiger partial charge >= 0.3 is 0 Å². The summed E-state index contributed by atoms with van der Waals surface area (Å²) < 4.78 is 2.07. The Morgan fingerprint density at radius 2 is 1.82 bits per heavy atom. The molecule has 3 aromatic rings. The van der Waals surface area contributed by atoms with E-state index < -0.39 is 0 Å². The average molecular weight is 440 g/mol. The van der Waals surface area contributed by atoms with Gasteiger partial charge in [0.15, 0.2) is 0 Å². The molecule has 2 unspecified atom stereocenters. The lowest BCUT2D eigenvalue weighted by molar-refractivity contribution is -0.149. The van der Waals surface area contributed by atoms with Crippen LogP contribution in [0.3, 0.4) is 0 Å².